The summed E-state index contributed by atoms with van der Waals surface area (Å²) in [5, 5.41) is 0. The average Bonchev–Trinajstić information content (AvgIpc) is 2.00. The van der Waals surface area contributed by atoms with Gasteiger partial charge in [0.1, 0.15) is 0 Å². The van der Waals surface area contributed by atoms with E-state index in [4.69, 9.17) is 0 Å². The van der Waals surface area contributed by atoms with Gasteiger partial charge in [-0.1, -0.05) is 0 Å². The van der Waals surface area contributed by atoms with Gasteiger partial charge in [0.25, 0.3) is 0 Å². The van der Waals surface area contributed by atoms with Crippen LogP contribution in [0.15, 0.2) is 11.7 Å². The van der Waals surface area contributed by atoms with Gasteiger partial charge in [-0.2, -0.15) is 26.3 Å². The molecule has 0 radical (unpaired) electrons. The summed E-state index contributed by atoms with van der Waals surface area (Å²) in [6.07, 6.45) is -5.87. The molecule has 0 fully saturated rings. The molecule has 78 valence electrons. The molecule has 0 aliphatic heterocycles. The third-order valence-corrected chi connectivity index (χ3v) is 0.931. The zero-order valence-corrected chi connectivity index (χ0v) is 5.73. The maximum atomic E-state index is 11.9. The summed E-state index contributed by atoms with van der Waals surface area (Å²) in [4.78, 5) is 0. The highest BCUT2D eigenvalue weighted by Gasteiger charge is 2.47. The lowest BCUT2D eigenvalue weighted by Crippen LogP contribution is -2.24. The Morgan fingerprint density at radius 3 is 1.46 bits per heavy atom. The highest BCUT2D eigenvalue weighted by molar-refractivity contribution is 5.13. The van der Waals surface area contributed by atoms with E-state index < -0.39 is 30.4 Å². The van der Waals surface area contributed by atoms with Crippen LogP contribution < -0.4 is 0 Å². The van der Waals surface area contributed by atoms with Gasteiger partial charge in [-0.15, -0.1) is 0 Å². The van der Waals surface area contributed by atoms with Crippen molar-refractivity contribution in [3.8, 4) is 0 Å². The summed E-state index contributed by atoms with van der Waals surface area (Å²) in [7, 11) is 0. The van der Waals surface area contributed by atoms with Gasteiger partial charge in [-0.3, -0.25) is 0 Å². The van der Waals surface area contributed by atoms with Crippen LogP contribution in [0.4, 0.5) is 35.1 Å². The Balaban J connectivity index is 5.04. The second-order valence-corrected chi connectivity index (χ2v) is 1.96. The molecule has 0 unspecified atom stereocenters. The van der Waals surface area contributed by atoms with Gasteiger partial charge in [0.15, 0.2) is 6.67 Å². The van der Waals surface area contributed by atoms with E-state index >= 15 is 0 Å². The fraction of sp³-hybridized carbons (Fsp3) is 0.600. The number of alkyl halides is 6. The minimum Gasteiger partial charge on any atom is -0.244 e. The van der Waals surface area contributed by atoms with Crippen molar-refractivity contribution in [1.82, 2.24) is 0 Å². The minimum atomic E-state index is -5.87. The highest BCUT2D eigenvalue weighted by Crippen LogP contribution is 2.36. The zero-order chi connectivity index (χ0) is 10.9. The Bertz CT molecular complexity index is 211. The fourth-order valence-corrected chi connectivity index (χ4v) is 0.344. The van der Waals surface area contributed by atoms with Crippen molar-refractivity contribution in [2.75, 3.05) is 6.67 Å². The molecule has 0 aliphatic carbocycles. The summed E-state index contributed by atoms with van der Waals surface area (Å²) >= 11 is 0. The second kappa shape index (κ2) is 3.51. The molecule has 0 spiro atoms. The van der Waals surface area contributed by atoms with Crippen LogP contribution in [0.5, 0.6) is 0 Å². The third-order valence-electron chi connectivity index (χ3n) is 0.931. The van der Waals surface area contributed by atoms with Crippen LogP contribution in [0.1, 0.15) is 0 Å². The summed E-state index contributed by atoms with van der Waals surface area (Å²) in [5.74, 6) is -12.1. The Kier molecular flexibility index (Phi) is 3.28. The first-order chi connectivity index (χ1) is 5.63. The summed E-state index contributed by atoms with van der Waals surface area (Å²) in [5.41, 5.74) is 0. The van der Waals surface area contributed by atoms with E-state index in [1.54, 1.807) is 0 Å². The smallest absolute Gasteiger partial charge is 0.244 e. The summed E-state index contributed by atoms with van der Waals surface area (Å²) in [6.45, 7) is -2.73. The average molecular weight is 214 g/mol. The molecule has 0 bridgehead atoms. The van der Waals surface area contributed by atoms with Gasteiger partial charge in [0, 0.05) is 0 Å². The maximum Gasteiger partial charge on any atom is 0.445 e. The van der Waals surface area contributed by atoms with Crippen molar-refractivity contribution in [1.29, 1.82) is 0 Å². The van der Waals surface area contributed by atoms with E-state index in [1.807, 2.05) is 0 Å². The molecule has 0 aromatic carbocycles. The maximum absolute atomic E-state index is 11.9. The number of hydrogen-bond acceptors (Lipinski definition) is 0. The second-order valence-electron chi connectivity index (χ2n) is 1.96. The van der Waals surface area contributed by atoms with Crippen LogP contribution in [0, 0.1) is 0 Å². The van der Waals surface area contributed by atoms with E-state index in [1.165, 1.54) is 0 Å². The lowest BCUT2D eigenvalue weighted by Gasteiger charge is -2.11. The molecule has 0 heterocycles. The first-order valence-corrected chi connectivity index (χ1v) is 2.69. The van der Waals surface area contributed by atoms with Gasteiger partial charge in [0.05, 0.1) is 0 Å². The highest BCUT2D eigenvalue weighted by atomic mass is 19.4. The van der Waals surface area contributed by atoms with Crippen molar-refractivity contribution in [2.45, 2.75) is 12.1 Å². The van der Waals surface area contributed by atoms with E-state index in [9.17, 15) is 35.1 Å². The first kappa shape index (κ1) is 12.2. The monoisotopic (exact) mass is 214 g/mol. The molecule has 0 aromatic rings. The van der Waals surface area contributed by atoms with Gasteiger partial charge in [-0.25, -0.2) is 8.78 Å². The normalized spacial score (nSPS) is 15.7. The van der Waals surface area contributed by atoms with Gasteiger partial charge >= 0.3 is 12.1 Å². The Morgan fingerprint density at radius 1 is 0.846 bits per heavy atom. The number of rotatable bonds is 2. The standard InChI is InChI=1S/C5H2F8/c6-1-4(9,10)2(7)3(8)5(11,12)13/h1H2. The Hall–Kier alpha value is -0.820. The van der Waals surface area contributed by atoms with Crippen LogP contribution in [0.3, 0.4) is 0 Å². The molecular formula is C5H2F8. The van der Waals surface area contributed by atoms with Crippen LogP contribution in [0.2, 0.25) is 0 Å². The van der Waals surface area contributed by atoms with E-state index in [0.29, 0.717) is 0 Å². The van der Waals surface area contributed by atoms with Gasteiger partial charge in [-0.05, 0) is 0 Å². The molecule has 0 nitrogen and oxygen atoms in total. The summed E-state index contributed by atoms with van der Waals surface area (Å²) in [6, 6.07) is 0. The number of allylic oxidation sites excluding steroid dienone is 2. The fourth-order valence-electron chi connectivity index (χ4n) is 0.344. The van der Waals surface area contributed by atoms with Crippen LogP contribution in [-0.2, 0) is 0 Å². The lowest BCUT2D eigenvalue weighted by molar-refractivity contribution is -0.117. The molecule has 0 N–H and O–H groups in total. The summed E-state index contributed by atoms with van der Waals surface area (Å²) < 4.78 is 92.1. The largest absolute Gasteiger partial charge is 0.445 e. The molecule has 0 saturated carbocycles. The predicted octanol–water partition coefficient (Wildman–Crippen LogP) is 3.30. The van der Waals surface area contributed by atoms with Crippen LogP contribution in [0.25, 0.3) is 0 Å². The van der Waals surface area contributed by atoms with Crippen molar-refractivity contribution in [3.05, 3.63) is 11.7 Å². The molecule has 0 aliphatic rings. The van der Waals surface area contributed by atoms with E-state index in [2.05, 4.69) is 0 Å². The third kappa shape index (κ3) is 2.85. The van der Waals surface area contributed by atoms with Crippen molar-refractivity contribution >= 4 is 0 Å². The minimum absolute atomic E-state index is 2.73. The predicted molar refractivity (Wildman–Crippen MR) is 26.2 cm³/mol. The van der Waals surface area contributed by atoms with Crippen molar-refractivity contribution < 1.29 is 35.1 Å². The van der Waals surface area contributed by atoms with Gasteiger partial charge < -0.3 is 0 Å². The topological polar surface area (TPSA) is 0 Å². The number of halogens is 8. The van der Waals surface area contributed by atoms with E-state index in [0.717, 1.165) is 0 Å². The molecule has 0 aromatic heterocycles. The molecule has 13 heavy (non-hydrogen) atoms. The molecular weight excluding hydrogens is 212 g/mol. The molecule has 0 rings (SSSR count). The molecule has 0 saturated heterocycles. The quantitative estimate of drug-likeness (QED) is 0.618. The van der Waals surface area contributed by atoms with Crippen molar-refractivity contribution in [2.24, 2.45) is 0 Å². The zero-order valence-electron chi connectivity index (χ0n) is 5.73. The van der Waals surface area contributed by atoms with E-state index in [-0.39, 0.29) is 0 Å². The number of hydrogen-bond donors (Lipinski definition) is 0. The van der Waals surface area contributed by atoms with Gasteiger partial charge in [0.2, 0.25) is 11.7 Å². The Morgan fingerprint density at radius 2 is 1.23 bits per heavy atom. The molecule has 8 heteroatoms. The lowest BCUT2D eigenvalue weighted by atomic mass is 10.3. The van der Waals surface area contributed by atoms with Crippen molar-refractivity contribution in [3.63, 3.8) is 0 Å². The van der Waals surface area contributed by atoms with Crippen LogP contribution >= 0.6 is 0 Å². The molecule has 0 atom stereocenters. The first-order valence-electron chi connectivity index (χ1n) is 2.69. The molecule has 0 amide bonds. The van der Waals surface area contributed by atoms with Crippen LogP contribution in [-0.4, -0.2) is 18.8 Å². The Labute approximate surface area is 66.8 Å². The SMILES string of the molecule is FCC(F)(F)C(F)=C(F)C(F)(F)F.